The summed E-state index contributed by atoms with van der Waals surface area (Å²) in [6, 6.07) is 14.4. The Morgan fingerprint density at radius 2 is 1.71 bits per heavy atom. The van der Waals surface area contributed by atoms with E-state index in [0.717, 1.165) is 31.0 Å². The maximum atomic E-state index is 13.0. The molecule has 31 heavy (non-hydrogen) atoms. The van der Waals surface area contributed by atoms with Crippen LogP contribution in [-0.4, -0.2) is 41.9 Å². The van der Waals surface area contributed by atoms with Crippen molar-refractivity contribution in [2.24, 2.45) is 0 Å². The fourth-order valence-electron chi connectivity index (χ4n) is 3.53. The first-order valence-electron chi connectivity index (χ1n) is 9.90. The van der Waals surface area contributed by atoms with E-state index in [0.29, 0.717) is 39.5 Å². The van der Waals surface area contributed by atoms with Gasteiger partial charge in [0.1, 0.15) is 12.4 Å². The average molecular weight is 480 g/mol. The predicted molar refractivity (Wildman–Crippen MR) is 122 cm³/mol. The molecule has 1 aliphatic rings. The quantitative estimate of drug-likeness (QED) is 0.450. The van der Waals surface area contributed by atoms with E-state index in [1.54, 1.807) is 18.4 Å². The van der Waals surface area contributed by atoms with Gasteiger partial charge in [-0.05, 0) is 42.0 Å². The summed E-state index contributed by atoms with van der Waals surface area (Å²) in [7, 11) is 0. The zero-order chi connectivity index (χ0) is 21.8. The van der Waals surface area contributed by atoms with Crippen LogP contribution in [0.1, 0.15) is 21.7 Å². The Kier molecular flexibility index (Phi) is 7.08. The number of rotatable bonds is 6. The number of carbonyl (C=O) groups excluding carboxylic acids is 1. The smallest absolute Gasteiger partial charge is 0.253 e. The van der Waals surface area contributed by atoms with E-state index in [1.165, 1.54) is 0 Å². The Balaban J connectivity index is 1.35. The van der Waals surface area contributed by atoms with Crippen molar-refractivity contribution >= 4 is 40.7 Å². The van der Waals surface area contributed by atoms with Gasteiger partial charge in [0.25, 0.3) is 5.91 Å². The van der Waals surface area contributed by atoms with E-state index in [2.05, 4.69) is 4.90 Å². The van der Waals surface area contributed by atoms with Crippen molar-refractivity contribution in [2.75, 3.05) is 26.2 Å². The molecule has 2 heterocycles. The summed E-state index contributed by atoms with van der Waals surface area (Å²) < 4.78 is 11.2. The number of ether oxygens (including phenoxy) is 1. The van der Waals surface area contributed by atoms with E-state index >= 15 is 0 Å². The van der Waals surface area contributed by atoms with E-state index in [1.807, 2.05) is 41.3 Å². The van der Waals surface area contributed by atoms with Crippen LogP contribution >= 0.6 is 34.8 Å². The van der Waals surface area contributed by atoms with Crippen LogP contribution in [0.5, 0.6) is 5.75 Å². The molecular formula is C23H21Cl3N2O3. The monoisotopic (exact) mass is 478 g/mol. The van der Waals surface area contributed by atoms with Gasteiger partial charge in [0.05, 0.1) is 22.9 Å². The Morgan fingerprint density at radius 3 is 2.39 bits per heavy atom. The topological polar surface area (TPSA) is 45.9 Å². The molecular weight excluding hydrogens is 459 g/mol. The lowest BCUT2D eigenvalue weighted by Gasteiger charge is -2.34. The third-order valence-electron chi connectivity index (χ3n) is 5.14. The molecule has 1 aromatic heterocycles. The molecule has 3 aromatic rings. The summed E-state index contributed by atoms with van der Waals surface area (Å²) in [6.45, 7) is 3.97. The minimum Gasteiger partial charge on any atom is -0.486 e. The Bertz CT molecular complexity index is 1020. The minimum atomic E-state index is 0.0158. The van der Waals surface area contributed by atoms with Gasteiger partial charge >= 0.3 is 0 Å². The lowest BCUT2D eigenvalue weighted by molar-refractivity contribution is 0.0620. The number of furan rings is 1. The molecule has 1 aliphatic heterocycles. The third-order valence-corrected chi connectivity index (χ3v) is 5.92. The Hall–Kier alpha value is -2.18. The number of hydrogen-bond acceptors (Lipinski definition) is 4. The molecule has 0 aliphatic carbocycles. The molecule has 0 atom stereocenters. The highest BCUT2D eigenvalue weighted by Gasteiger charge is 2.23. The summed E-state index contributed by atoms with van der Waals surface area (Å²) in [5, 5.41) is 1.13. The van der Waals surface area contributed by atoms with Crippen molar-refractivity contribution in [3.8, 4) is 5.75 Å². The molecule has 1 amide bonds. The average Bonchev–Trinajstić information content (AvgIpc) is 3.26. The second kappa shape index (κ2) is 9.96. The number of hydrogen-bond donors (Lipinski definition) is 0. The number of benzene rings is 2. The largest absolute Gasteiger partial charge is 0.486 e. The van der Waals surface area contributed by atoms with Crippen molar-refractivity contribution in [1.29, 1.82) is 0 Å². The Morgan fingerprint density at radius 1 is 0.968 bits per heavy atom. The van der Waals surface area contributed by atoms with Crippen LogP contribution in [0, 0.1) is 0 Å². The first-order valence-corrected chi connectivity index (χ1v) is 11.0. The van der Waals surface area contributed by atoms with Gasteiger partial charge in [-0.2, -0.15) is 0 Å². The van der Waals surface area contributed by atoms with Gasteiger partial charge < -0.3 is 14.1 Å². The van der Waals surface area contributed by atoms with Crippen molar-refractivity contribution < 1.29 is 13.9 Å². The van der Waals surface area contributed by atoms with Gasteiger partial charge in [-0.25, -0.2) is 0 Å². The fraction of sp³-hybridized carbons (Fsp3) is 0.261. The highest BCUT2D eigenvalue weighted by atomic mass is 35.5. The second-order valence-electron chi connectivity index (χ2n) is 7.34. The van der Waals surface area contributed by atoms with Crippen LogP contribution in [0.3, 0.4) is 0 Å². The Labute approximate surface area is 196 Å². The summed E-state index contributed by atoms with van der Waals surface area (Å²) in [5.74, 6) is 1.33. The van der Waals surface area contributed by atoms with Crippen LogP contribution in [0.15, 0.2) is 59.2 Å². The van der Waals surface area contributed by atoms with Crippen LogP contribution in [0.4, 0.5) is 0 Å². The zero-order valence-corrected chi connectivity index (χ0v) is 19.0. The molecule has 0 unspecified atom stereocenters. The molecule has 1 fully saturated rings. The van der Waals surface area contributed by atoms with Crippen LogP contribution in [0.25, 0.3) is 0 Å². The van der Waals surface area contributed by atoms with Gasteiger partial charge in [0.2, 0.25) is 0 Å². The number of amides is 1. The third kappa shape index (κ3) is 5.55. The maximum Gasteiger partial charge on any atom is 0.253 e. The van der Waals surface area contributed by atoms with E-state index in [-0.39, 0.29) is 12.5 Å². The fourth-order valence-corrected chi connectivity index (χ4v) is 4.46. The standard InChI is InChI=1S/C23H21Cl3N2O3/c24-18-12-20(25)22(21(26)13-18)31-15-16-3-1-4-17(11-16)23(29)28-8-6-27(7-9-28)14-19-5-2-10-30-19/h1-5,10-13H,6-9,14-15H2. The van der Waals surface area contributed by atoms with Gasteiger partial charge in [-0.1, -0.05) is 46.9 Å². The van der Waals surface area contributed by atoms with Gasteiger partial charge in [-0.3, -0.25) is 9.69 Å². The first-order chi connectivity index (χ1) is 15.0. The maximum absolute atomic E-state index is 13.0. The van der Waals surface area contributed by atoms with Crippen LogP contribution in [0.2, 0.25) is 15.1 Å². The summed E-state index contributed by atoms with van der Waals surface area (Å²) in [4.78, 5) is 17.2. The highest BCUT2D eigenvalue weighted by molar-refractivity contribution is 6.40. The molecule has 5 nitrogen and oxygen atoms in total. The molecule has 0 N–H and O–H groups in total. The normalized spacial score (nSPS) is 14.6. The first kappa shape index (κ1) is 22.0. The molecule has 162 valence electrons. The van der Waals surface area contributed by atoms with E-state index in [9.17, 15) is 4.79 Å². The van der Waals surface area contributed by atoms with Crippen molar-refractivity contribution in [2.45, 2.75) is 13.2 Å². The molecule has 4 rings (SSSR count). The van der Waals surface area contributed by atoms with Crippen LogP contribution < -0.4 is 4.74 Å². The van der Waals surface area contributed by atoms with Crippen LogP contribution in [-0.2, 0) is 13.2 Å². The van der Waals surface area contributed by atoms with E-state index in [4.69, 9.17) is 44.0 Å². The molecule has 0 spiro atoms. The van der Waals surface area contributed by atoms with Crippen molar-refractivity contribution in [3.63, 3.8) is 0 Å². The molecule has 0 bridgehead atoms. The van der Waals surface area contributed by atoms with Gasteiger partial charge in [-0.15, -0.1) is 0 Å². The molecule has 8 heteroatoms. The lowest BCUT2D eigenvalue weighted by Crippen LogP contribution is -2.48. The molecule has 0 saturated carbocycles. The SMILES string of the molecule is O=C(c1cccc(COc2c(Cl)cc(Cl)cc2Cl)c1)N1CCN(Cc2ccco2)CC1. The second-order valence-corrected chi connectivity index (χ2v) is 8.59. The lowest BCUT2D eigenvalue weighted by atomic mass is 10.1. The minimum absolute atomic E-state index is 0.0158. The van der Waals surface area contributed by atoms with Crippen molar-refractivity contribution in [1.82, 2.24) is 9.80 Å². The molecule has 0 radical (unpaired) electrons. The zero-order valence-electron chi connectivity index (χ0n) is 16.7. The molecule has 2 aromatic carbocycles. The summed E-state index contributed by atoms with van der Waals surface area (Å²) in [6.07, 6.45) is 1.68. The molecule has 1 saturated heterocycles. The van der Waals surface area contributed by atoms with Crippen molar-refractivity contribution in [3.05, 3.63) is 86.7 Å². The summed E-state index contributed by atoms with van der Waals surface area (Å²) >= 11 is 18.3. The number of carbonyl (C=O) groups is 1. The van der Waals surface area contributed by atoms with Gasteiger partial charge in [0, 0.05) is 36.8 Å². The number of piperazine rings is 1. The number of halogens is 3. The summed E-state index contributed by atoms with van der Waals surface area (Å²) in [5.41, 5.74) is 1.48. The van der Waals surface area contributed by atoms with Gasteiger partial charge in [0.15, 0.2) is 5.75 Å². The predicted octanol–water partition coefficient (Wildman–Crippen LogP) is 5.78. The van der Waals surface area contributed by atoms with E-state index < -0.39 is 0 Å². The number of nitrogens with zero attached hydrogens (tertiary/aromatic N) is 2. The highest BCUT2D eigenvalue weighted by Crippen LogP contribution is 2.36.